The van der Waals surface area contributed by atoms with Gasteiger partial charge in [-0.15, -0.1) is 0 Å². The number of benzene rings is 1. The average Bonchev–Trinajstić information content (AvgIpc) is 2.84. The largest absolute Gasteiger partial charge is 0.478 e. The fraction of sp³-hybridized carbons (Fsp3) is 0.0667. The minimum absolute atomic E-state index is 0.0326. The summed E-state index contributed by atoms with van der Waals surface area (Å²) in [4.78, 5) is 22.5. The lowest BCUT2D eigenvalue weighted by atomic mass is 10.1. The molecule has 2 N–H and O–H groups in total. The van der Waals surface area contributed by atoms with Crippen molar-refractivity contribution in [3.63, 3.8) is 0 Å². The van der Waals surface area contributed by atoms with Gasteiger partial charge in [-0.3, -0.25) is 4.79 Å². The highest BCUT2D eigenvalue weighted by atomic mass is 35.5. The zero-order valence-corrected chi connectivity index (χ0v) is 11.8. The molecule has 0 bridgehead atoms. The maximum absolute atomic E-state index is 12.0. The van der Waals surface area contributed by atoms with Crippen LogP contribution in [-0.2, 0) is 4.79 Å². The number of carbonyl (C=O) groups excluding carboxylic acids is 1. The van der Waals surface area contributed by atoms with Crippen molar-refractivity contribution in [2.45, 2.75) is 6.92 Å². The first-order valence-electron chi connectivity index (χ1n) is 6.03. The normalized spacial score (nSPS) is 10.8. The molecule has 0 spiro atoms. The molecular weight excluding hydrogens is 294 g/mol. The first kappa shape index (κ1) is 14.9. The van der Waals surface area contributed by atoms with Crippen molar-refractivity contribution in [2.75, 3.05) is 5.32 Å². The lowest BCUT2D eigenvalue weighted by Crippen LogP contribution is -2.11. The maximum atomic E-state index is 12.0. The fourth-order valence-electron chi connectivity index (χ4n) is 1.76. The molecule has 0 aliphatic carbocycles. The number of halogens is 1. The number of furan rings is 1. The van der Waals surface area contributed by atoms with Crippen LogP contribution in [0.2, 0.25) is 5.22 Å². The van der Waals surface area contributed by atoms with Crippen molar-refractivity contribution in [1.82, 2.24) is 0 Å². The summed E-state index contributed by atoms with van der Waals surface area (Å²) in [6.45, 7) is 1.82. The van der Waals surface area contributed by atoms with Crippen molar-refractivity contribution >= 4 is 35.2 Å². The highest BCUT2D eigenvalue weighted by Crippen LogP contribution is 2.20. The average molecular weight is 306 g/mol. The standard InChI is InChI=1S/C15H12ClNO4/c1-9-8-11(4-2-10(9)3-5-13(18)19)17-15(20)12-6-7-21-14(12)16/h2-8H,1H3,(H,17,20)(H,18,19)/b5-3+. The molecule has 0 unspecified atom stereocenters. The monoisotopic (exact) mass is 305 g/mol. The van der Waals surface area contributed by atoms with Gasteiger partial charge in [-0.05, 0) is 53.9 Å². The molecular formula is C15H12ClNO4. The Morgan fingerprint density at radius 2 is 2.10 bits per heavy atom. The van der Waals surface area contributed by atoms with E-state index >= 15 is 0 Å². The molecule has 0 fully saturated rings. The quantitative estimate of drug-likeness (QED) is 0.846. The number of amides is 1. The van der Waals surface area contributed by atoms with E-state index in [1.54, 1.807) is 18.2 Å². The molecule has 1 aromatic carbocycles. The van der Waals surface area contributed by atoms with E-state index in [2.05, 4.69) is 5.32 Å². The van der Waals surface area contributed by atoms with Crippen LogP contribution in [0.1, 0.15) is 21.5 Å². The van der Waals surface area contributed by atoms with Gasteiger partial charge in [0.2, 0.25) is 5.22 Å². The molecule has 0 saturated carbocycles. The Bertz CT molecular complexity index is 718. The van der Waals surface area contributed by atoms with Crippen LogP contribution in [0.5, 0.6) is 0 Å². The molecule has 6 heteroatoms. The molecule has 21 heavy (non-hydrogen) atoms. The third kappa shape index (κ3) is 3.73. The van der Waals surface area contributed by atoms with Gasteiger partial charge in [-0.25, -0.2) is 4.79 Å². The van der Waals surface area contributed by atoms with E-state index in [1.807, 2.05) is 6.92 Å². The number of aryl methyl sites for hydroxylation is 1. The summed E-state index contributed by atoms with van der Waals surface area (Å²) in [6.07, 6.45) is 3.89. The van der Waals surface area contributed by atoms with Gasteiger partial charge in [0.15, 0.2) is 0 Å². The third-order valence-corrected chi connectivity index (χ3v) is 3.09. The summed E-state index contributed by atoms with van der Waals surface area (Å²) in [6, 6.07) is 6.63. The van der Waals surface area contributed by atoms with E-state index < -0.39 is 5.97 Å². The number of anilines is 1. The number of carboxylic acids is 1. The van der Waals surface area contributed by atoms with Crippen LogP contribution in [0.25, 0.3) is 6.08 Å². The fourth-order valence-corrected chi connectivity index (χ4v) is 1.96. The Morgan fingerprint density at radius 1 is 1.33 bits per heavy atom. The van der Waals surface area contributed by atoms with Crippen molar-refractivity contribution < 1.29 is 19.1 Å². The predicted octanol–water partition coefficient (Wildman–Crippen LogP) is 3.59. The van der Waals surface area contributed by atoms with Crippen LogP contribution < -0.4 is 5.32 Å². The Morgan fingerprint density at radius 3 is 2.67 bits per heavy atom. The zero-order valence-electron chi connectivity index (χ0n) is 11.1. The van der Waals surface area contributed by atoms with Crippen molar-refractivity contribution in [3.8, 4) is 0 Å². The molecule has 0 radical (unpaired) electrons. The molecule has 1 amide bonds. The highest BCUT2D eigenvalue weighted by Gasteiger charge is 2.13. The van der Waals surface area contributed by atoms with Crippen molar-refractivity contribution in [2.24, 2.45) is 0 Å². The molecule has 0 aliphatic heterocycles. The lowest BCUT2D eigenvalue weighted by molar-refractivity contribution is -0.131. The Labute approximate surface area is 125 Å². The van der Waals surface area contributed by atoms with Crippen LogP contribution in [0.4, 0.5) is 5.69 Å². The van der Waals surface area contributed by atoms with Gasteiger partial charge in [0.1, 0.15) is 0 Å². The Kier molecular flexibility index (Phi) is 4.45. The molecule has 0 aliphatic rings. The van der Waals surface area contributed by atoms with Crippen LogP contribution in [0.3, 0.4) is 0 Å². The third-order valence-electron chi connectivity index (χ3n) is 2.80. The highest BCUT2D eigenvalue weighted by molar-refractivity contribution is 6.32. The smallest absolute Gasteiger partial charge is 0.328 e. The topological polar surface area (TPSA) is 79.5 Å². The van der Waals surface area contributed by atoms with Gasteiger partial charge in [0, 0.05) is 11.8 Å². The Balaban J connectivity index is 2.15. The second-order valence-corrected chi connectivity index (χ2v) is 4.65. The van der Waals surface area contributed by atoms with Crippen molar-refractivity contribution in [3.05, 3.63) is 58.5 Å². The Hall–Kier alpha value is -2.53. The van der Waals surface area contributed by atoms with Gasteiger partial charge < -0.3 is 14.8 Å². The van der Waals surface area contributed by atoms with E-state index in [4.69, 9.17) is 21.1 Å². The van der Waals surface area contributed by atoms with E-state index in [1.165, 1.54) is 18.4 Å². The second kappa shape index (κ2) is 6.28. The molecule has 2 rings (SSSR count). The zero-order chi connectivity index (χ0) is 15.4. The van der Waals surface area contributed by atoms with E-state index in [0.29, 0.717) is 5.69 Å². The number of carboxylic acid groups (broad SMARTS) is 1. The SMILES string of the molecule is Cc1cc(NC(=O)c2ccoc2Cl)ccc1/C=C/C(=O)O. The van der Waals surface area contributed by atoms with Gasteiger partial charge in [0.05, 0.1) is 11.8 Å². The van der Waals surface area contributed by atoms with Crippen LogP contribution >= 0.6 is 11.6 Å². The summed E-state index contributed by atoms with van der Waals surface area (Å²) in [5.41, 5.74) is 2.44. The van der Waals surface area contributed by atoms with Crippen LogP contribution in [0.15, 0.2) is 41.0 Å². The summed E-state index contributed by atoms with van der Waals surface area (Å²) >= 11 is 5.74. The van der Waals surface area contributed by atoms with Gasteiger partial charge in [-0.2, -0.15) is 0 Å². The minimum atomic E-state index is -1.01. The summed E-state index contributed by atoms with van der Waals surface area (Å²) in [7, 11) is 0. The number of aliphatic carboxylic acids is 1. The maximum Gasteiger partial charge on any atom is 0.328 e. The van der Waals surface area contributed by atoms with E-state index in [0.717, 1.165) is 17.2 Å². The molecule has 1 aromatic heterocycles. The van der Waals surface area contributed by atoms with Gasteiger partial charge >= 0.3 is 5.97 Å². The molecule has 5 nitrogen and oxygen atoms in total. The molecule has 0 saturated heterocycles. The summed E-state index contributed by atoms with van der Waals surface area (Å²) in [5, 5.41) is 11.3. The first-order chi connectivity index (χ1) is 9.97. The molecule has 108 valence electrons. The minimum Gasteiger partial charge on any atom is -0.478 e. The number of rotatable bonds is 4. The predicted molar refractivity (Wildman–Crippen MR) is 79.5 cm³/mol. The van der Waals surface area contributed by atoms with Gasteiger partial charge in [0.25, 0.3) is 5.91 Å². The number of hydrogen-bond donors (Lipinski definition) is 2. The molecule has 0 atom stereocenters. The molecule has 1 heterocycles. The number of carbonyl (C=O) groups is 2. The van der Waals surface area contributed by atoms with Crippen LogP contribution in [0, 0.1) is 6.92 Å². The van der Waals surface area contributed by atoms with Crippen LogP contribution in [-0.4, -0.2) is 17.0 Å². The summed E-state index contributed by atoms with van der Waals surface area (Å²) < 4.78 is 4.86. The second-order valence-electron chi connectivity index (χ2n) is 4.31. The number of hydrogen-bond acceptors (Lipinski definition) is 3. The van der Waals surface area contributed by atoms with Gasteiger partial charge in [-0.1, -0.05) is 6.07 Å². The van der Waals surface area contributed by atoms with Crippen molar-refractivity contribution in [1.29, 1.82) is 0 Å². The molecule has 2 aromatic rings. The first-order valence-corrected chi connectivity index (χ1v) is 6.41. The lowest BCUT2D eigenvalue weighted by Gasteiger charge is -2.07. The summed E-state index contributed by atoms with van der Waals surface area (Å²) in [5.74, 6) is -1.39. The van der Waals surface area contributed by atoms with E-state index in [-0.39, 0.29) is 16.7 Å². The number of nitrogens with one attached hydrogen (secondary N) is 1. The van der Waals surface area contributed by atoms with E-state index in [9.17, 15) is 9.59 Å².